The number of hydrogen-bond donors (Lipinski definition) is 4. The minimum atomic E-state index is 0.389. The zero-order chi connectivity index (χ0) is 12.1. The van der Waals surface area contributed by atoms with Gasteiger partial charge in [0.1, 0.15) is 9.28 Å². The molecule has 0 saturated carbocycles. The van der Waals surface area contributed by atoms with Crippen LogP contribution in [0.4, 0.5) is 0 Å². The Balaban J connectivity index is 0.000000280. The van der Waals surface area contributed by atoms with Gasteiger partial charge in [0, 0.05) is 0 Å². The fourth-order valence-electron chi connectivity index (χ4n) is 1.06. The first kappa shape index (κ1) is 13.9. The minimum Gasteiger partial charge on any atom is -0.342 e. The summed E-state index contributed by atoms with van der Waals surface area (Å²) in [7, 11) is 0. The summed E-state index contributed by atoms with van der Waals surface area (Å²) in [5.41, 5.74) is 1.97. The van der Waals surface area contributed by atoms with E-state index in [2.05, 4.69) is 47.4 Å². The standard InChI is InChI=1S/C8H6N2S2.CH2S3/c11-7-8(12)10-6-4-2-1-3-5(6)9-7;2-1(3)4/h1-4H,(H,9,11)(H,10,12);(H2,2,3,4). The molecule has 7 heteroatoms. The number of benzene rings is 1. The van der Waals surface area contributed by atoms with Crippen LogP contribution in [0.3, 0.4) is 0 Å². The van der Waals surface area contributed by atoms with Crippen LogP contribution in [0.25, 0.3) is 11.0 Å². The van der Waals surface area contributed by atoms with Crippen molar-refractivity contribution in [2.24, 2.45) is 0 Å². The maximum absolute atomic E-state index is 4.99. The van der Waals surface area contributed by atoms with Crippen LogP contribution in [0.15, 0.2) is 24.3 Å². The molecule has 84 valence electrons. The zero-order valence-electron chi connectivity index (χ0n) is 7.93. The van der Waals surface area contributed by atoms with Crippen LogP contribution in [0.5, 0.6) is 0 Å². The van der Waals surface area contributed by atoms with Crippen molar-refractivity contribution in [3.05, 3.63) is 33.5 Å². The van der Waals surface area contributed by atoms with Gasteiger partial charge in [0.2, 0.25) is 0 Å². The second kappa shape index (κ2) is 6.51. The van der Waals surface area contributed by atoms with Gasteiger partial charge >= 0.3 is 0 Å². The smallest absolute Gasteiger partial charge is 0.138 e. The van der Waals surface area contributed by atoms with Crippen molar-refractivity contribution in [2.45, 2.75) is 0 Å². The summed E-state index contributed by atoms with van der Waals surface area (Å²) in [5, 5.41) is 0. The number of aromatic amines is 2. The fourth-order valence-corrected chi connectivity index (χ4v) is 1.38. The lowest BCUT2D eigenvalue weighted by Gasteiger charge is -1.96. The second-order valence-corrected chi connectivity index (χ2v) is 5.81. The zero-order valence-corrected chi connectivity index (χ0v) is 12.2. The van der Waals surface area contributed by atoms with Gasteiger partial charge in [-0.25, -0.2) is 0 Å². The Labute approximate surface area is 119 Å². The molecule has 2 aromatic rings. The molecule has 0 atom stereocenters. The van der Waals surface area contributed by atoms with E-state index < -0.39 is 0 Å². The molecule has 0 saturated heterocycles. The molecule has 1 heterocycles. The van der Waals surface area contributed by atoms with E-state index >= 15 is 0 Å². The summed E-state index contributed by atoms with van der Waals surface area (Å²) in [4.78, 5) is 6.07. The van der Waals surface area contributed by atoms with Crippen LogP contribution in [0.1, 0.15) is 0 Å². The fraction of sp³-hybridized carbons (Fsp3) is 0. The van der Waals surface area contributed by atoms with Crippen LogP contribution < -0.4 is 0 Å². The van der Waals surface area contributed by atoms with E-state index in [1.54, 1.807) is 0 Å². The average Bonchev–Trinajstić information content (AvgIpc) is 2.19. The molecule has 0 spiro atoms. The third-order valence-corrected chi connectivity index (χ3v) is 2.37. The summed E-state index contributed by atoms with van der Waals surface area (Å²) in [6.45, 7) is 0. The predicted molar refractivity (Wildman–Crippen MR) is 84.9 cm³/mol. The summed E-state index contributed by atoms with van der Waals surface area (Å²) in [5.74, 6) is 0. The first-order chi connectivity index (χ1) is 7.50. The Kier molecular flexibility index (Phi) is 5.63. The third kappa shape index (κ3) is 4.34. The molecule has 1 aromatic carbocycles. The van der Waals surface area contributed by atoms with Crippen molar-refractivity contribution in [3.8, 4) is 0 Å². The van der Waals surface area contributed by atoms with E-state index in [1.165, 1.54) is 0 Å². The highest BCUT2D eigenvalue weighted by Gasteiger charge is 1.91. The molecular weight excluding hydrogens is 296 g/mol. The van der Waals surface area contributed by atoms with Crippen molar-refractivity contribution >= 4 is 76.5 Å². The molecule has 0 aliphatic rings. The van der Waals surface area contributed by atoms with Crippen LogP contribution in [0, 0.1) is 9.28 Å². The highest BCUT2D eigenvalue weighted by atomic mass is 32.2. The summed E-state index contributed by atoms with van der Waals surface area (Å²) < 4.78 is 1.56. The molecule has 0 aliphatic carbocycles. The maximum Gasteiger partial charge on any atom is 0.138 e. The first-order valence-corrected chi connectivity index (χ1v) is 6.26. The topological polar surface area (TPSA) is 31.6 Å². The number of thiocarbonyl (C=S) groups is 1. The van der Waals surface area contributed by atoms with Gasteiger partial charge in [0.25, 0.3) is 0 Å². The second-order valence-electron chi connectivity index (χ2n) is 2.74. The van der Waals surface area contributed by atoms with Crippen LogP contribution in [-0.2, 0) is 0 Å². The van der Waals surface area contributed by atoms with Crippen molar-refractivity contribution < 1.29 is 0 Å². The van der Waals surface area contributed by atoms with E-state index in [0.717, 1.165) is 11.0 Å². The van der Waals surface area contributed by atoms with Gasteiger partial charge in [0.15, 0.2) is 0 Å². The molecule has 0 fully saturated rings. The van der Waals surface area contributed by atoms with Gasteiger partial charge in [-0.15, -0.1) is 25.3 Å². The van der Waals surface area contributed by atoms with Crippen LogP contribution >= 0.6 is 61.9 Å². The molecule has 0 unspecified atom stereocenters. The van der Waals surface area contributed by atoms with Crippen molar-refractivity contribution in [3.63, 3.8) is 0 Å². The Morgan fingerprint density at radius 2 is 1.25 bits per heavy atom. The van der Waals surface area contributed by atoms with Crippen molar-refractivity contribution in [1.82, 2.24) is 9.97 Å². The average molecular weight is 305 g/mol. The number of aromatic nitrogens is 2. The number of para-hydroxylation sites is 2. The molecule has 0 amide bonds. The Bertz CT molecular complexity index is 560. The molecule has 0 bridgehead atoms. The Morgan fingerprint density at radius 3 is 1.56 bits per heavy atom. The third-order valence-electron chi connectivity index (χ3n) is 1.63. The molecule has 0 aliphatic heterocycles. The minimum absolute atomic E-state index is 0.389. The number of fused-ring (bicyclic) bond motifs is 1. The van der Waals surface area contributed by atoms with E-state index in [9.17, 15) is 0 Å². The summed E-state index contributed by atoms with van der Waals surface area (Å²) in [6.07, 6.45) is 0. The Hall–Kier alpha value is -0.210. The molecule has 2 N–H and O–H groups in total. The molecule has 2 rings (SSSR count). The summed E-state index contributed by atoms with van der Waals surface area (Å²) in [6, 6.07) is 7.81. The predicted octanol–water partition coefficient (Wildman–Crippen LogP) is 4.09. The van der Waals surface area contributed by atoms with Crippen LogP contribution in [-0.4, -0.2) is 13.5 Å². The maximum atomic E-state index is 4.99. The number of nitrogens with one attached hydrogen (secondary N) is 2. The largest absolute Gasteiger partial charge is 0.342 e. The van der Waals surface area contributed by atoms with E-state index in [4.69, 9.17) is 24.4 Å². The lowest BCUT2D eigenvalue weighted by molar-refractivity contribution is 1.24. The lowest BCUT2D eigenvalue weighted by Crippen LogP contribution is -1.84. The van der Waals surface area contributed by atoms with Gasteiger partial charge in [-0.05, 0) is 12.1 Å². The molecule has 1 aromatic heterocycles. The normalized spacial score (nSPS) is 9.38. The highest BCUT2D eigenvalue weighted by molar-refractivity contribution is 8.34. The van der Waals surface area contributed by atoms with Crippen LogP contribution in [0.2, 0.25) is 0 Å². The molecule has 16 heavy (non-hydrogen) atoms. The van der Waals surface area contributed by atoms with Gasteiger partial charge in [-0.2, -0.15) is 0 Å². The SMILES string of the molecule is S=C(S)S.S=c1[nH]c2ccccc2[nH]c1=S. The quantitative estimate of drug-likeness (QED) is 0.437. The van der Waals surface area contributed by atoms with Gasteiger partial charge in [-0.1, -0.05) is 48.8 Å². The molecular formula is C9H8N2S5. The number of rotatable bonds is 0. The summed E-state index contributed by atoms with van der Waals surface area (Å²) >= 11 is 21.4. The highest BCUT2D eigenvalue weighted by Crippen LogP contribution is 2.07. The van der Waals surface area contributed by atoms with E-state index in [1.807, 2.05) is 24.3 Å². The van der Waals surface area contributed by atoms with Gasteiger partial charge in [0.05, 0.1) is 14.6 Å². The van der Waals surface area contributed by atoms with Gasteiger partial charge in [-0.3, -0.25) is 0 Å². The number of hydrogen-bond acceptors (Lipinski definition) is 3. The van der Waals surface area contributed by atoms with E-state index in [-0.39, 0.29) is 0 Å². The molecule has 2 nitrogen and oxygen atoms in total. The van der Waals surface area contributed by atoms with Crippen molar-refractivity contribution in [2.75, 3.05) is 0 Å². The monoisotopic (exact) mass is 304 g/mol. The number of H-pyrrole nitrogens is 2. The first-order valence-electron chi connectivity index (χ1n) is 4.14. The lowest BCUT2D eigenvalue weighted by atomic mass is 10.3. The van der Waals surface area contributed by atoms with E-state index in [0.29, 0.717) is 12.8 Å². The molecule has 0 radical (unpaired) electrons. The van der Waals surface area contributed by atoms with Gasteiger partial charge < -0.3 is 9.97 Å². The Morgan fingerprint density at radius 1 is 0.938 bits per heavy atom. The van der Waals surface area contributed by atoms with Crippen molar-refractivity contribution in [1.29, 1.82) is 0 Å². The number of thiol groups is 2.